The standard InChI is InChI=1S/C23H23ClF2N4O2/c24-22-17(13-16-3-1-2-4-20(16)27-22)15-30(8-7-29-9-11-32-12-10-29)23(31)28-21-6-5-18(25)14-19(21)26/h1-6,13-14H,7-12,15H2,(H,28,31). The van der Waals surface area contributed by atoms with Crippen LogP contribution < -0.4 is 5.32 Å². The van der Waals surface area contributed by atoms with Crippen molar-refractivity contribution in [3.8, 4) is 0 Å². The van der Waals surface area contributed by atoms with Crippen molar-refractivity contribution < 1.29 is 18.3 Å². The molecule has 1 fully saturated rings. The number of hydrogen-bond donors (Lipinski definition) is 1. The second-order valence-electron chi connectivity index (χ2n) is 7.56. The predicted octanol–water partition coefficient (Wildman–Crippen LogP) is 4.53. The second-order valence-corrected chi connectivity index (χ2v) is 7.92. The van der Waals surface area contributed by atoms with Gasteiger partial charge in [0.05, 0.1) is 31.0 Å². The molecule has 1 saturated heterocycles. The van der Waals surface area contributed by atoms with Crippen LogP contribution in [-0.2, 0) is 11.3 Å². The highest BCUT2D eigenvalue weighted by Crippen LogP contribution is 2.23. The van der Waals surface area contributed by atoms with Gasteiger partial charge in [-0.05, 0) is 24.3 Å². The van der Waals surface area contributed by atoms with E-state index in [2.05, 4.69) is 15.2 Å². The highest BCUT2D eigenvalue weighted by atomic mass is 35.5. The van der Waals surface area contributed by atoms with Crippen LogP contribution in [0.4, 0.5) is 19.3 Å². The fourth-order valence-corrected chi connectivity index (χ4v) is 3.78. The van der Waals surface area contributed by atoms with Crippen molar-refractivity contribution in [3.05, 3.63) is 70.9 Å². The zero-order valence-electron chi connectivity index (χ0n) is 17.4. The molecule has 2 aromatic carbocycles. The third-order valence-corrected chi connectivity index (χ3v) is 5.69. The number of aromatic nitrogens is 1. The number of fused-ring (bicyclic) bond motifs is 1. The van der Waals surface area contributed by atoms with Crippen molar-refractivity contribution in [3.63, 3.8) is 0 Å². The number of amides is 2. The van der Waals surface area contributed by atoms with E-state index in [0.29, 0.717) is 37.0 Å². The lowest BCUT2D eigenvalue weighted by Gasteiger charge is -2.30. The number of benzene rings is 2. The molecule has 9 heteroatoms. The fraction of sp³-hybridized carbons (Fsp3) is 0.304. The highest BCUT2D eigenvalue weighted by Gasteiger charge is 2.20. The summed E-state index contributed by atoms with van der Waals surface area (Å²) in [6.45, 7) is 4.05. The molecule has 32 heavy (non-hydrogen) atoms. The molecule has 0 unspecified atom stereocenters. The van der Waals surface area contributed by atoms with E-state index < -0.39 is 17.7 Å². The van der Waals surface area contributed by atoms with E-state index in [1.165, 1.54) is 6.07 Å². The van der Waals surface area contributed by atoms with Gasteiger partial charge in [0.15, 0.2) is 0 Å². The van der Waals surface area contributed by atoms with Gasteiger partial charge in [-0.3, -0.25) is 4.90 Å². The van der Waals surface area contributed by atoms with Crippen LogP contribution in [0.2, 0.25) is 5.15 Å². The number of para-hydroxylation sites is 1. The monoisotopic (exact) mass is 460 g/mol. The molecule has 4 rings (SSSR count). The summed E-state index contributed by atoms with van der Waals surface area (Å²) in [5.41, 5.74) is 1.36. The van der Waals surface area contributed by atoms with Crippen LogP contribution in [0.25, 0.3) is 10.9 Å². The van der Waals surface area contributed by atoms with Crippen molar-refractivity contribution in [1.82, 2.24) is 14.8 Å². The van der Waals surface area contributed by atoms with E-state index in [1.807, 2.05) is 30.3 Å². The molecule has 0 radical (unpaired) electrons. The van der Waals surface area contributed by atoms with E-state index in [4.69, 9.17) is 16.3 Å². The highest BCUT2D eigenvalue weighted by molar-refractivity contribution is 6.30. The Morgan fingerprint density at radius 3 is 2.72 bits per heavy atom. The van der Waals surface area contributed by atoms with Gasteiger partial charge in [0.1, 0.15) is 16.8 Å². The Labute approximate surface area is 189 Å². The molecule has 3 aromatic rings. The van der Waals surface area contributed by atoms with Gasteiger partial charge in [-0.1, -0.05) is 29.8 Å². The molecule has 0 aliphatic carbocycles. The Kier molecular flexibility index (Phi) is 7.14. The topological polar surface area (TPSA) is 57.7 Å². The van der Waals surface area contributed by atoms with E-state index >= 15 is 0 Å². The lowest BCUT2D eigenvalue weighted by Crippen LogP contribution is -2.44. The Morgan fingerprint density at radius 2 is 1.94 bits per heavy atom. The summed E-state index contributed by atoms with van der Waals surface area (Å²) in [6.07, 6.45) is 0. The summed E-state index contributed by atoms with van der Waals surface area (Å²) in [5, 5.41) is 3.75. The summed E-state index contributed by atoms with van der Waals surface area (Å²) in [4.78, 5) is 21.2. The van der Waals surface area contributed by atoms with Crippen LogP contribution >= 0.6 is 11.6 Å². The minimum Gasteiger partial charge on any atom is -0.379 e. The summed E-state index contributed by atoms with van der Waals surface area (Å²) in [6, 6.07) is 12.0. The van der Waals surface area contributed by atoms with Gasteiger partial charge in [-0.25, -0.2) is 18.6 Å². The zero-order chi connectivity index (χ0) is 22.5. The molecule has 0 bridgehead atoms. The van der Waals surface area contributed by atoms with Gasteiger partial charge in [0, 0.05) is 43.2 Å². The quantitative estimate of drug-likeness (QED) is 0.549. The number of rotatable bonds is 6. The number of pyridine rings is 1. The first-order valence-corrected chi connectivity index (χ1v) is 10.7. The van der Waals surface area contributed by atoms with Gasteiger partial charge >= 0.3 is 6.03 Å². The number of urea groups is 1. The number of nitrogens with one attached hydrogen (secondary N) is 1. The van der Waals surface area contributed by atoms with Crippen LogP contribution in [0.3, 0.4) is 0 Å². The molecule has 1 N–H and O–H groups in total. The van der Waals surface area contributed by atoms with Gasteiger partial charge in [0.25, 0.3) is 0 Å². The average Bonchev–Trinajstić information content (AvgIpc) is 2.79. The van der Waals surface area contributed by atoms with Crippen LogP contribution in [0, 0.1) is 11.6 Å². The molecule has 2 heterocycles. The Balaban J connectivity index is 1.55. The van der Waals surface area contributed by atoms with Crippen LogP contribution in [0.1, 0.15) is 5.56 Å². The van der Waals surface area contributed by atoms with Crippen molar-refractivity contribution in [2.45, 2.75) is 6.54 Å². The third kappa shape index (κ3) is 5.51. The van der Waals surface area contributed by atoms with Gasteiger partial charge < -0.3 is 15.0 Å². The maximum atomic E-state index is 14.1. The molecule has 1 aromatic heterocycles. The number of ether oxygens (including phenoxy) is 1. The molecular weight excluding hydrogens is 438 g/mol. The Hall–Kier alpha value is -2.81. The van der Waals surface area contributed by atoms with Crippen LogP contribution in [-0.4, -0.2) is 60.2 Å². The maximum Gasteiger partial charge on any atom is 0.322 e. The SMILES string of the molecule is O=C(Nc1ccc(F)cc1F)N(CCN1CCOCC1)Cc1cc2ccccc2nc1Cl. The first-order valence-electron chi connectivity index (χ1n) is 10.3. The van der Waals surface area contributed by atoms with Crippen LogP contribution in [0.15, 0.2) is 48.5 Å². The number of carbonyl (C=O) groups excluding carboxylic acids is 1. The normalized spacial score (nSPS) is 14.5. The average molecular weight is 461 g/mol. The van der Waals surface area contributed by atoms with E-state index in [9.17, 15) is 13.6 Å². The molecule has 6 nitrogen and oxygen atoms in total. The first kappa shape index (κ1) is 22.4. The van der Waals surface area contributed by atoms with Crippen molar-refractivity contribution in [2.75, 3.05) is 44.7 Å². The first-order chi connectivity index (χ1) is 15.5. The summed E-state index contributed by atoms with van der Waals surface area (Å²) < 4.78 is 32.7. The third-order valence-electron chi connectivity index (χ3n) is 5.36. The lowest BCUT2D eigenvalue weighted by molar-refractivity contribution is 0.0349. The Morgan fingerprint density at radius 1 is 1.16 bits per heavy atom. The Bertz CT molecular complexity index is 1110. The smallest absolute Gasteiger partial charge is 0.322 e. The number of anilines is 1. The molecule has 1 aliphatic heterocycles. The summed E-state index contributed by atoms with van der Waals surface area (Å²) in [7, 11) is 0. The van der Waals surface area contributed by atoms with Gasteiger partial charge in [-0.2, -0.15) is 0 Å². The summed E-state index contributed by atoms with van der Waals surface area (Å²) >= 11 is 6.41. The lowest BCUT2D eigenvalue weighted by atomic mass is 10.1. The maximum absolute atomic E-state index is 14.1. The van der Waals surface area contributed by atoms with E-state index in [0.717, 1.165) is 36.1 Å². The molecule has 168 valence electrons. The van der Waals surface area contributed by atoms with Gasteiger partial charge in [-0.15, -0.1) is 0 Å². The molecule has 1 aliphatic rings. The number of morpholine rings is 1. The zero-order valence-corrected chi connectivity index (χ0v) is 18.1. The van der Waals surface area contributed by atoms with Crippen LogP contribution in [0.5, 0.6) is 0 Å². The second kappa shape index (κ2) is 10.2. The van der Waals surface area contributed by atoms with Crippen molar-refractivity contribution in [1.29, 1.82) is 0 Å². The minimum absolute atomic E-state index is 0.0875. The van der Waals surface area contributed by atoms with Crippen molar-refractivity contribution in [2.24, 2.45) is 0 Å². The van der Waals surface area contributed by atoms with E-state index in [-0.39, 0.29) is 12.2 Å². The fourth-order valence-electron chi connectivity index (χ4n) is 3.58. The molecule has 2 amide bonds. The van der Waals surface area contributed by atoms with Crippen molar-refractivity contribution >= 4 is 34.2 Å². The molecule has 0 atom stereocenters. The summed E-state index contributed by atoms with van der Waals surface area (Å²) in [5.74, 6) is -1.55. The molecular formula is C23H23ClF2N4O2. The van der Waals surface area contributed by atoms with E-state index in [1.54, 1.807) is 4.90 Å². The molecule has 0 spiro atoms. The largest absolute Gasteiger partial charge is 0.379 e. The molecule has 0 saturated carbocycles. The minimum atomic E-state index is -0.836. The number of nitrogens with zero attached hydrogens (tertiary/aromatic N) is 3. The predicted molar refractivity (Wildman–Crippen MR) is 120 cm³/mol. The van der Waals surface area contributed by atoms with Gasteiger partial charge in [0.2, 0.25) is 0 Å². The number of hydrogen-bond acceptors (Lipinski definition) is 4. The number of halogens is 3. The number of carbonyl (C=O) groups is 1.